The summed E-state index contributed by atoms with van der Waals surface area (Å²) < 4.78 is 24.1. The van der Waals surface area contributed by atoms with Gasteiger partial charge in [-0.25, -0.2) is 13.1 Å². The highest BCUT2D eigenvalue weighted by atomic mass is 32.2. The van der Waals surface area contributed by atoms with Crippen molar-refractivity contribution in [3.8, 4) is 0 Å². The van der Waals surface area contributed by atoms with E-state index in [-0.39, 0.29) is 37.2 Å². The van der Waals surface area contributed by atoms with Crippen LogP contribution < -0.4 is 10.0 Å². The Hall–Kier alpha value is -1.15. The smallest absolute Gasteiger partial charge is 0.225 e. The third-order valence-electron chi connectivity index (χ3n) is 4.08. The van der Waals surface area contributed by atoms with Crippen LogP contribution in [0.5, 0.6) is 0 Å². The van der Waals surface area contributed by atoms with Crippen molar-refractivity contribution in [1.29, 1.82) is 0 Å². The zero-order valence-electron chi connectivity index (χ0n) is 12.3. The molecule has 1 saturated heterocycles. The SMILES string of the molecule is CS(=O)(=O)NCCNC(=O)[C@H]1CC(=O)N(C2CCCC2)C1. The lowest BCUT2D eigenvalue weighted by atomic mass is 10.1. The second kappa shape index (κ2) is 6.74. The number of carbonyl (C=O) groups excluding carboxylic acids is 2. The molecular weight excluding hydrogens is 294 g/mol. The van der Waals surface area contributed by atoms with E-state index < -0.39 is 10.0 Å². The summed E-state index contributed by atoms with van der Waals surface area (Å²) in [7, 11) is -3.23. The fourth-order valence-electron chi connectivity index (χ4n) is 3.04. The van der Waals surface area contributed by atoms with Crippen LogP contribution in [0.1, 0.15) is 32.1 Å². The summed E-state index contributed by atoms with van der Waals surface area (Å²) in [6.07, 6.45) is 5.73. The van der Waals surface area contributed by atoms with Crippen LogP contribution in [-0.2, 0) is 19.6 Å². The molecule has 0 bridgehead atoms. The number of likely N-dealkylation sites (tertiary alicyclic amines) is 1. The van der Waals surface area contributed by atoms with Crippen LogP contribution in [0.4, 0.5) is 0 Å². The number of hydrogen-bond donors (Lipinski definition) is 2. The van der Waals surface area contributed by atoms with Crippen molar-refractivity contribution >= 4 is 21.8 Å². The average Bonchev–Trinajstić information content (AvgIpc) is 3.01. The van der Waals surface area contributed by atoms with Crippen LogP contribution in [0.15, 0.2) is 0 Å². The zero-order valence-corrected chi connectivity index (χ0v) is 13.1. The Kier molecular flexibility index (Phi) is 5.21. The molecule has 1 heterocycles. The third kappa shape index (κ3) is 4.67. The van der Waals surface area contributed by atoms with Gasteiger partial charge in [0.05, 0.1) is 12.2 Å². The Labute approximate surface area is 125 Å². The van der Waals surface area contributed by atoms with Crippen molar-refractivity contribution in [3.63, 3.8) is 0 Å². The van der Waals surface area contributed by atoms with Gasteiger partial charge in [0.25, 0.3) is 0 Å². The lowest BCUT2D eigenvalue weighted by Crippen LogP contribution is -2.39. The van der Waals surface area contributed by atoms with E-state index in [0.717, 1.165) is 31.9 Å². The fraction of sp³-hybridized carbons (Fsp3) is 0.846. The van der Waals surface area contributed by atoms with Gasteiger partial charge < -0.3 is 10.2 Å². The van der Waals surface area contributed by atoms with Gasteiger partial charge in [-0.15, -0.1) is 0 Å². The number of amides is 2. The van der Waals surface area contributed by atoms with Crippen molar-refractivity contribution in [1.82, 2.24) is 14.9 Å². The second-order valence-electron chi connectivity index (χ2n) is 5.84. The largest absolute Gasteiger partial charge is 0.354 e. The van der Waals surface area contributed by atoms with E-state index in [4.69, 9.17) is 0 Å². The number of nitrogens with zero attached hydrogens (tertiary/aromatic N) is 1. The molecule has 21 heavy (non-hydrogen) atoms. The summed E-state index contributed by atoms with van der Waals surface area (Å²) in [5.41, 5.74) is 0. The van der Waals surface area contributed by atoms with Crippen LogP contribution in [0, 0.1) is 5.92 Å². The molecular formula is C13H23N3O4S. The maximum absolute atomic E-state index is 12.0. The number of rotatable bonds is 6. The van der Waals surface area contributed by atoms with Gasteiger partial charge in [0.2, 0.25) is 21.8 Å². The normalized spacial score (nSPS) is 23.8. The number of nitrogens with one attached hydrogen (secondary N) is 2. The van der Waals surface area contributed by atoms with Crippen LogP contribution >= 0.6 is 0 Å². The minimum Gasteiger partial charge on any atom is -0.354 e. The molecule has 2 N–H and O–H groups in total. The molecule has 1 saturated carbocycles. The van der Waals surface area contributed by atoms with E-state index in [2.05, 4.69) is 10.0 Å². The van der Waals surface area contributed by atoms with Crippen LogP contribution in [0.2, 0.25) is 0 Å². The van der Waals surface area contributed by atoms with E-state index in [1.807, 2.05) is 4.90 Å². The first-order valence-corrected chi connectivity index (χ1v) is 9.28. The van der Waals surface area contributed by atoms with Gasteiger partial charge >= 0.3 is 0 Å². The van der Waals surface area contributed by atoms with Crippen LogP contribution in [0.25, 0.3) is 0 Å². The van der Waals surface area contributed by atoms with Crippen LogP contribution in [-0.4, -0.2) is 57.1 Å². The second-order valence-corrected chi connectivity index (χ2v) is 7.68. The van der Waals surface area contributed by atoms with Gasteiger partial charge in [-0.2, -0.15) is 0 Å². The Balaban J connectivity index is 1.75. The van der Waals surface area contributed by atoms with E-state index in [0.29, 0.717) is 12.6 Å². The molecule has 2 aliphatic rings. The predicted molar refractivity (Wildman–Crippen MR) is 77.9 cm³/mol. The maximum atomic E-state index is 12.0. The quantitative estimate of drug-likeness (QED) is 0.642. The lowest BCUT2D eigenvalue weighted by molar-refractivity contribution is -0.130. The monoisotopic (exact) mass is 317 g/mol. The molecule has 1 atom stereocenters. The Morgan fingerprint density at radius 3 is 2.57 bits per heavy atom. The van der Waals surface area contributed by atoms with Gasteiger partial charge in [0.15, 0.2) is 0 Å². The highest BCUT2D eigenvalue weighted by Crippen LogP contribution is 2.29. The van der Waals surface area contributed by atoms with Crippen molar-refractivity contribution in [2.75, 3.05) is 25.9 Å². The van der Waals surface area contributed by atoms with Gasteiger partial charge in [-0.3, -0.25) is 9.59 Å². The third-order valence-corrected chi connectivity index (χ3v) is 4.81. The van der Waals surface area contributed by atoms with Crippen molar-refractivity contribution in [3.05, 3.63) is 0 Å². The van der Waals surface area contributed by atoms with Crippen molar-refractivity contribution in [2.45, 2.75) is 38.1 Å². The average molecular weight is 317 g/mol. The van der Waals surface area contributed by atoms with E-state index in [1.165, 1.54) is 0 Å². The first-order chi connectivity index (χ1) is 9.87. The van der Waals surface area contributed by atoms with Crippen molar-refractivity contribution in [2.24, 2.45) is 5.92 Å². The van der Waals surface area contributed by atoms with Gasteiger partial charge in [0, 0.05) is 32.1 Å². The minimum absolute atomic E-state index is 0.0660. The summed E-state index contributed by atoms with van der Waals surface area (Å²) in [5, 5.41) is 2.68. The Morgan fingerprint density at radius 2 is 1.95 bits per heavy atom. The summed E-state index contributed by atoms with van der Waals surface area (Å²) in [6.45, 7) is 0.895. The molecule has 0 spiro atoms. The Morgan fingerprint density at radius 1 is 1.29 bits per heavy atom. The van der Waals surface area contributed by atoms with Crippen LogP contribution in [0.3, 0.4) is 0 Å². The molecule has 7 nitrogen and oxygen atoms in total. The molecule has 2 fully saturated rings. The maximum Gasteiger partial charge on any atom is 0.225 e. The molecule has 0 aromatic carbocycles. The molecule has 2 rings (SSSR count). The van der Waals surface area contributed by atoms with Gasteiger partial charge in [-0.05, 0) is 12.8 Å². The molecule has 0 unspecified atom stereocenters. The molecule has 0 radical (unpaired) electrons. The summed E-state index contributed by atoms with van der Waals surface area (Å²) in [4.78, 5) is 25.9. The molecule has 120 valence electrons. The number of carbonyl (C=O) groups is 2. The summed E-state index contributed by atoms with van der Waals surface area (Å²) in [6, 6.07) is 0.308. The summed E-state index contributed by atoms with van der Waals surface area (Å²) >= 11 is 0. The molecule has 8 heteroatoms. The topological polar surface area (TPSA) is 95.6 Å². The first kappa shape index (κ1) is 16.2. The fourth-order valence-corrected chi connectivity index (χ4v) is 3.52. The molecule has 2 amide bonds. The molecule has 1 aliphatic heterocycles. The zero-order chi connectivity index (χ0) is 15.5. The Bertz CT molecular complexity index is 500. The number of hydrogen-bond acceptors (Lipinski definition) is 4. The van der Waals surface area contributed by atoms with Crippen molar-refractivity contribution < 1.29 is 18.0 Å². The van der Waals surface area contributed by atoms with E-state index >= 15 is 0 Å². The number of sulfonamides is 1. The molecule has 1 aliphatic carbocycles. The van der Waals surface area contributed by atoms with Gasteiger partial charge in [0.1, 0.15) is 0 Å². The predicted octanol–water partition coefficient (Wildman–Crippen LogP) is -0.557. The van der Waals surface area contributed by atoms with Gasteiger partial charge in [-0.1, -0.05) is 12.8 Å². The minimum atomic E-state index is -3.23. The highest BCUT2D eigenvalue weighted by Gasteiger charge is 2.38. The van der Waals surface area contributed by atoms with E-state index in [9.17, 15) is 18.0 Å². The summed E-state index contributed by atoms with van der Waals surface area (Å²) in [5.74, 6) is -0.410. The standard InChI is InChI=1S/C13H23N3O4S/c1-21(19,20)15-7-6-14-13(18)10-8-12(17)16(9-10)11-4-2-3-5-11/h10-11,15H,2-9H2,1H3,(H,14,18)/t10-/m0/s1. The molecule has 0 aromatic rings. The van der Waals surface area contributed by atoms with E-state index in [1.54, 1.807) is 0 Å². The first-order valence-electron chi connectivity index (χ1n) is 7.38. The molecule has 0 aromatic heterocycles. The highest BCUT2D eigenvalue weighted by molar-refractivity contribution is 7.88. The lowest BCUT2D eigenvalue weighted by Gasteiger charge is -2.23.